The summed E-state index contributed by atoms with van der Waals surface area (Å²) in [6.45, 7) is 12.9. The van der Waals surface area contributed by atoms with E-state index in [-0.39, 0.29) is 29.3 Å². The molecule has 6 unspecified atom stereocenters. The molecule has 1 saturated heterocycles. The number of unbranched alkanes of at least 4 members (excludes halogenated alkanes) is 2. The molecule has 6 atom stereocenters. The molecule has 0 bridgehead atoms. The third kappa shape index (κ3) is 4.05. The Kier molecular flexibility index (Phi) is 7.38. The normalized spacial score (nSPS) is 41.2. The van der Waals surface area contributed by atoms with Crippen LogP contribution in [0.4, 0.5) is 0 Å². The van der Waals surface area contributed by atoms with Crippen molar-refractivity contribution in [2.75, 3.05) is 0 Å². The molecule has 1 saturated carbocycles. The Morgan fingerprint density at radius 2 is 1.85 bits per heavy atom. The molecular formula is C23H43NO2. The van der Waals surface area contributed by atoms with Gasteiger partial charge in [-0.15, -0.1) is 0 Å². The molecule has 1 heterocycles. The highest BCUT2D eigenvalue weighted by atomic mass is 16.5. The van der Waals surface area contributed by atoms with Gasteiger partial charge in [-0.2, -0.15) is 0 Å². The maximum atomic E-state index is 11.1. The number of hydrogen-bond donors (Lipinski definition) is 2. The lowest BCUT2D eigenvalue weighted by atomic mass is 9.55. The van der Waals surface area contributed by atoms with E-state index in [2.05, 4.69) is 33.8 Å². The standard InChI is InChI=1S/C21H37NO2.C2H6/c1-5-6-7-8-14-11-18(23)21(4)17-13-15(22)9-10-16(17)20(2,3)24-19(21)12-14;1-2/h13-16,18-19,23H,5-12,22H2,1-4H3;1-2H3. The zero-order chi connectivity index (χ0) is 19.5. The summed E-state index contributed by atoms with van der Waals surface area (Å²) in [5.74, 6) is 0.986. The van der Waals surface area contributed by atoms with E-state index in [0.29, 0.717) is 11.8 Å². The van der Waals surface area contributed by atoms with Crippen LogP contribution in [0.2, 0.25) is 0 Å². The summed E-state index contributed by atoms with van der Waals surface area (Å²) in [4.78, 5) is 0. The lowest BCUT2D eigenvalue weighted by Gasteiger charge is -2.60. The van der Waals surface area contributed by atoms with E-state index in [9.17, 15) is 5.11 Å². The largest absolute Gasteiger partial charge is 0.392 e. The third-order valence-electron chi connectivity index (χ3n) is 7.15. The first-order chi connectivity index (χ1) is 12.3. The van der Waals surface area contributed by atoms with Crippen molar-refractivity contribution in [3.8, 4) is 0 Å². The predicted molar refractivity (Wildman–Crippen MR) is 110 cm³/mol. The Hall–Kier alpha value is -0.380. The number of hydrogen-bond acceptors (Lipinski definition) is 3. The van der Waals surface area contributed by atoms with Crippen LogP contribution in [0.1, 0.15) is 92.9 Å². The number of fused-ring (bicyclic) bond motifs is 3. The number of aliphatic hydroxyl groups excluding tert-OH is 1. The molecule has 3 aliphatic rings. The Morgan fingerprint density at radius 3 is 2.50 bits per heavy atom. The molecule has 2 fully saturated rings. The van der Waals surface area contributed by atoms with Gasteiger partial charge < -0.3 is 15.6 Å². The summed E-state index contributed by atoms with van der Waals surface area (Å²) >= 11 is 0. The fraction of sp³-hybridized carbons (Fsp3) is 0.913. The van der Waals surface area contributed by atoms with Gasteiger partial charge in [0.05, 0.1) is 17.8 Å². The van der Waals surface area contributed by atoms with E-state index < -0.39 is 0 Å². The highest BCUT2D eigenvalue weighted by Crippen LogP contribution is 2.57. The van der Waals surface area contributed by atoms with Gasteiger partial charge in [0.25, 0.3) is 0 Å². The smallest absolute Gasteiger partial charge is 0.0701 e. The SMILES string of the molecule is CC.CCCCCC1CC(O)C2(C)C3=CC(N)CCC3C(C)(C)OC2C1. The lowest BCUT2D eigenvalue weighted by Crippen LogP contribution is -2.62. The van der Waals surface area contributed by atoms with Gasteiger partial charge in [0.1, 0.15) is 0 Å². The van der Waals surface area contributed by atoms with E-state index in [1.54, 1.807) is 0 Å². The van der Waals surface area contributed by atoms with E-state index in [1.165, 1.54) is 31.3 Å². The van der Waals surface area contributed by atoms with Crippen LogP contribution in [-0.4, -0.2) is 29.0 Å². The van der Waals surface area contributed by atoms with Crippen LogP contribution in [0.25, 0.3) is 0 Å². The molecule has 26 heavy (non-hydrogen) atoms. The van der Waals surface area contributed by atoms with Crippen molar-refractivity contribution in [2.24, 2.45) is 23.0 Å². The van der Waals surface area contributed by atoms with Crippen molar-refractivity contribution in [1.82, 2.24) is 0 Å². The van der Waals surface area contributed by atoms with E-state index in [0.717, 1.165) is 25.7 Å². The molecule has 0 amide bonds. The lowest BCUT2D eigenvalue weighted by molar-refractivity contribution is -0.217. The van der Waals surface area contributed by atoms with Crippen molar-refractivity contribution in [2.45, 2.75) is 117 Å². The van der Waals surface area contributed by atoms with Crippen LogP contribution >= 0.6 is 0 Å². The Balaban J connectivity index is 0.00000117. The maximum absolute atomic E-state index is 11.1. The van der Waals surface area contributed by atoms with Crippen molar-refractivity contribution < 1.29 is 9.84 Å². The number of rotatable bonds is 4. The van der Waals surface area contributed by atoms with Crippen LogP contribution < -0.4 is 5.73 Å². The highest BCUT2D eigenvalue weighted by Gasteiger charge is 2.58. The first-order valence-electron chi connectivity index (χ1n) is 11.1. The Bertz CT molecular complexity index is 487. The van der Waals surface area contributed by atoms with Crippen LogP contribution in [0.15, 0.2) is 11.6 Å². The molecule has 2 aliphatic carbocycles. The van der Waals surface area contributed by atoms with Crippen LogP contribution in [0.5, 0.6) is 0 Å². The van der Waals surface area contributed by atoms with Gasteiger partial charge in [0.2, 0.25) is 0 Å². The van der Waals surface area contributed by atoms with E-state index >= 15 is 0 Å². The first-order valence-corrected chi connectivity index (χ1v) is 11.1. The van der Waals surface area contributed by atoms with Gasteiger partial charge in [-0.25, -0.2) is 0 Å². The van der Waals surface area contributed by atoms with Gasteiger partial charge in [-0.05, 0) is 45.4 Å². The Labute approximate surface area is 161 Å². The molecule has 152 valence electrons. The number of nitrogens with two attached hydrogens (primary N) is 1. The van der Waals surface area contributed by atoms with Crippen LogP contribution in [-0.2, 0) is 4.74 Å². The summed E-state index contributed by atoms with van der Waals surface area (Å²) in [6, 6.07) is 0.136. The van der Waals surface area contributed by atoms with E-state index in [1.807, 2.05) is 13.8 Å². The molecule has 0 aromatic heterocycles. The van der Waals surface area contributed by atoms with Gasteiger partial charge in [-0.1, -0.05) is 65.0 Å². The first kappa shape index (κ1) is 21.9. The van der Waals surface area contributed by atoms with Crippen molar-refractivity contribution in [3.05, 3.63) is 11.6 Å². The highest BCUT2D eigenvalue weighted by molar-refractivity contribution is 5.31. The van der Waals surface area contributed by atoms with Gasteiger partial charge in [0.15, 0.2) is 0 Å². The molecule has 0 spiro atoms. The minimum absolute atomic E-state index is 0.121. The second-order valence-electron chi connectivity index (χ2n) is 9.26. The average molecular weight is 366 g/mol. The minimum atomic E-state index is -0.307. The van der Waals surface area contributed by atoms with Crippen molar-refractivity contribution in [1.29, 1.82) is 0 Å². The van der Waals surface area contributed by atoms with Gasteiger partial charge in [0, 0.05) is 17.4 Å². The molecular weight excluding hydrogens is 322 g/mol. The monoisotopic (exact) mass is 365 g/mol. The zero-order valence-electron chi connectivity index (χ0n) is 18.1. The predicted octanol–water partition coefficient (Wildman–Crippen LogP) is 5.21. The molecule has 0 aromatic rings. The average Bonchev–Trinajstić information content (AvgIpc) is 2.60. The number of ether oxygens (including phenoxy) is 1. The molecule has 3 N–H and O–H groups in total. The topological polar surface area (TPSA) is 55.5 Å². The molecule has 3 nitrogen and oxygen atoms in total. The summed E-state index contributed by atoms with van der Waals surface area (Å²) in [5, 5.41) is 11.1. The second kappa shape index (κ2) is 8.75. The summed E-state index contributed by atoms with van der Waals surface area (Å²) in [6.07, 6.45) is 11.2. The molecule has 3 rings (SSSR count). The summed E-state index contributed by atoms with van der Waals surface area (Å²) < 4.78 is 6.65. The van der Waals surface area contributed by atoms with Crippen LogP contribution in [0.3, 0.4) is 0 Å². The van der Waals surface area contributed by atoms with Crippen LogP contribution in [0, 0.1) is 17.3 Å². The molecule has 1 aliphatic heterocycles. The zero-order valence-corrected chi connectivity index (χ0v) is 18.1. The second-order valence-corrected chi connectivity index (χ2v) is 9.26. The summed E-state index contributed by atoms with van der Waals surface area (Å²) in [5.41, 5.74) is 7.25. The minimum Gasteiger partial charge on any atom is -0.392 e. The van der Waals surface area contributed by atoms with Crippen molar-refractivity contribution >= 4 is 0 Å². The maximum Gasteiger partial charge on any atom is 0.0701 e. The quantitative estimate of drug-likeness (QED) is 0.531. The molecule has 0 aromatic carbocycles. The molecule has 0 radical (unpaired) electrons. The van der Waals surface area contributed by atoms with Gasteiger partial charge in [-0.3, -0.25) is 0 Å². The van der Waals surface area contributed by atoms with E-state index in [4.69, 9.17) is 10.5 Å². The fourth-order valence-corrected chi connectivity index (χ4v) is 5.56. The van der Waals surface area contributed by atoms with Crippen molar-refractivity contribution in [3.63, 3.8) is 0 Å². The molecule has 3 heteroatoms. The third-order valence-corrected chi connectivity index (χ3v) is 7.15. The summed E-state index contributed by atoms with van der Waals surface area (Å²) in [7, 11) is 0. The Morgan fingerprint density at radius 1 is 1.15 bits per heavy atom. The fourth-order valence-electron chi connectivity index (χ4n) is 5.56. The number of aliphatic hydroxyl groups is 1. The van der Waals surface area contributed by atoms with Gasteiger partial charge >= 0.3 is 0 Å².